The van der Waals surface area contributed by atoms with Crippen LogP contribution in [0.5, 0.6) is 5.75 Å². The van der Waals surface area contributed by atoms with E-state index >= 15 is 0 Å². The van der Waals surface area contributed by atoms with Crippen LogP contribution in [0.2, 0.25) is 0 Å². The van der Waals surface area contributed by atoms with E-state index in [0.717, 1.165) is 5.56 Å². The molecule has 0 saturated heterocycles. The number of aryl methyl sites for hydroxylation is 1. The van der Waals surface area contributed by atoms with Crippen molar-refractivity contribution in [1.82, 2.24) is 0 Å². The van der Waals surface area contributed by atoms with Crippen molar-refractivity contribution in [2.24, 2.45) is 0 Å². The minimum atomic E-state index is -3.66. The lowest BCUT2D eigenvalue weighted by atomic mass is 10.2. The van der Waals surface area contributed by atoms with E-state index in [1.807, 2.05) is 32.0 Å². The molecule has 2 aromatic carbocycles. The molecule has 0 spiro atoms. The summed E-state index contributed by atoms with van der Waals surface area (Å²) in [6.45, 7) is 8.23. The molecule has 2 rings (SSSR count). The first kappa shape index (κ1) is 17.1. The highest BCUT2D eigenvalue weighted by atomic mass is 32.2. The SMILES string of the molecule is C=CCN(c1cccc(C)c1)S(=O)(=O)c1ccc(OCC)cc1. The molecular formula is C18H21NO3S. The molecule has 0 bridgehead atoms. The fourth-order valence-electron chi connectivity index (χ4n) is 2.24. The molecule has 0 radical (unpaired) electrons. The Labute approximate surface area is 138 Å². The third kappa shape index (κ3) is 3.93. The van der Waals surface area contributed by atoms with E-state index in [1.165, 1.54) is 4.31 Å². The van der Waals surface area contributed by atoms with Gasteiger partial charge < -0.3 is 4.74 Å². The average molecular weight is 331 g/mol. The van der Waals surface area contributed by atoms with Crippen molar-refractivity contribution in [3.63, 3.8) is 0 Å². The van der Waals surface area contributed by atoms with Crippen molar-refractivity contribution in [3.05, 3.63) is 66.7 Å². The van der Waals surface area contributed by atoms with Gasteiger partial charge in [-0.05, 0) is 55.8 Å². The molecular weight excluding hydrogens is 310 g/mol. The Kier molecular flexibility index (Phi) is 5.45. The first-order chi connectivity index (χ1) is 11.0. The first-order valence-electron chi connectivity index (χ1n) is 7.42. The predicted octanol–water partition coefficient (Wildman–Crippen LogP) is 3.78. The van der Waals surface area contributed by atoms with Crippen molar-refractivity contribution < 1.29 is 13.2 Å². The topological polar surface area (TPSA) is 46.6 Å². The maximum absolute atomic E-state index is 12.9. The zero-order chi connectivity index (χ0) is 16.9. The minimum Gasteiger partial charge on any atom is -0.494 e. The van der Waals surface area contributed by atoms with Gasteiger partial charge in [0.1, 0.15) is 5.75 Å². The standard InChI is InChI=1S/C18H21NO3S/c1-4-13-19(16-8-6-7-15(3)14-16)23(20,21)18-11-9-17(10-12-18)22-5-2/h4,6-12,14H,1,5,13H2,2-3H3. The van der Waals surface area contributed by atoms with Crippen molar-refractivity contribution in [2.75, 3.05) is 17.5 Å². The van der Waals surface area contributed by atoms with Gasteiger partial charge in [-0.3, -0.25) is 4.31 Å². The lowest BCUT2D eigenvalue weighted by molar-refractivity contribution is 0.340. The fourth-order valence-corrected chi connectivity index (χ4v) is 3.67. The van der Waals surface area contributed by atoms with Crippen LogP contribution in [0.25, 0.3) is 0 Å². The maximum Gasteiger partial charge on any atom is 0.264 e. The third-order valence-electron chi connectivity index (χ3n) is 3.31. The summed E-state index contributed by atoms with van der Waals surface area (Å²) in [4.78, 5) is 0.226. The van der Waals surface area contributed by atoms with Crippen molar-refractivity contribution in [2.45, 2.75) is 18.7 Å². The molecule has 0 saturated carbocycles. The summed E-state index contributed by atoms with van der Waals surface area (Å²) >= 11 is 0. The molecule has 23 heavy (non-hydrogen) atoms. The number of benzene rings is 2. The number of anilines is 1. The van der Waals surface area contributed by atoms with Crippen molar-refractivity contribution in [1.29, 1.82) is 0 Å². The van der Waals surface area contributed by atoms with Gasteiger partial charge in [-0.1, -0.05) is 18.2 Å². The molecule has 4 nitrogen and oxygen atoms in total. The number of hydrogen-bond acceptors (Lipinski definition) is 3. The molecule has 0 aromatic heterocycles. The van der Waals surface area contributed by atoms with Crippen LogP contribution in [0, 0.1) is 6.92 Å². The van der Waals surface area contributed by atoms with E-state index in [1.54, 1.807) is 36.4 Å². The van der Waals surface area contributed by atoms with E-state index in [4.69, 9.17) is 4.74 Å². The van der Waals surface area contributed by atoms with Gasteiger partial charge in [0, 0.05) is 0 Å². The van der Waals surface area contributed by atoms with Crippen LogP contribution in [-0.2, 0) is 10.0 Å². The minimum absolute atomic E-state index is 0.207. The van der Waals surface area contributed by atoms with Gasteiger partial charge in [-0.15, -0.1) is 6.58 Å². The molecule has 0 amide bonds. The van der Waals surface area contributed by atoms with Crippen LogP contribution in [0.1, 0.15) is 12.5 Å². The number of sulfonamides is 1. The van der Waals surface area contributed by atoms with Crippen LogP contribution < -0.4 is 9.04 Å². The molecule has 122 valence electrons. The summed E-state index contributed by atoms with van der Waals surface area (Å²) in [5.41, 5.74) is 1.62. The molecule has 0 N–H and O–H groups in total. The van der Waals surface area contributed by atoms with E-state index in [-0.39, 0.29) is 11.4 Å². The summed E-state index contributed by atoms with van der Waals surface area (Å²) in [7, 11) is -3.66. The second-order valence-corrected chi connectivity index (χ2v) is 6.93. The second-order valence-electron chi connectivity index (χ2n) is 5.07. The molecule has 0 fully saturated rings. The largest absolute Gasteiger partial charge is 0.494 e. The van der Waals surface area contributed by atoms with Gasteiger partial charge in [0.25, 0.3) is 10.0 Å². The van der Waals surface area contributed by atoms with Crippen molar-refractivity contribution in [3.8, 4) is 5.75 Å². The lowest BCUT2D eigenvalue weighted by Crippen LogP contribution is -2.31. The molecule has 2 aromatic rings. The van der Waals surface area contributed by atoms with Crippen LogP contribution in [-0.4, -0.2) is 21.6 Å². The second kappa shape index (κ2) is 7.33. The predicted molar refractivity (Wildman–Crippen MR) is 93.5 cm³/mol. The van der Waals surface area contributed by atoms with E-state index < -0.39 is 10.0 Å². The van der Waals surface area contributed by atoms with Crippen LogP contribution in [0.3, 0.4) is 0 Å². The normalized spacial score (nSPS) is 11.0. The Morgan fingerprint density at radius 2 is 1.87 bits per heavy atom. The molecule has 0 atom stereocenters. The highest BCUT2D eigenvalue weighted by molar-refractivity contribution is 7.92. The Balaban J connectivity index is 2.42. The number of rotatable bonds is 7. The van der Waals surface area contributed by atoms with Gasteiger partial charge in [0.15, 0.2) is 0 Å². The summed E-state index contributed by atoms with van der Waals surface area (Å²) in [5, 5.41) is 0. The van der Waals surface area contributed by atoms with Gasteiger partial charge in [0.2, 0.25) is 0 Å². The van der Waals surface area contributed by atoms with Gasteiger partial charge in [-0.2, -0.15) is 0 Å². The average Bonchev–Trinajstić information content (AvgIpc) is 2.53. The molecule has 0 heterocycles. The number of nitrogens with zero attached hydrogens (tertiary/aromatic N) is 1. The van der Waals surface area contributed by atoms with E-state index in [0.29, 0.717) is 18.0 Å². The summed E-state index contributed by atoms with van der Waals surface area (Å²) in [5.74, 6) is 0.650. The monoisotopic (exact) mass is 331 g/mol. The molecule has 5 heteroatoms. The van der Waals surface area contributed by atoms with E-state index in [2.05, 4.69) is 6.58 Å². The molecule has 0 unspecified atom stereocenters. The highest BCUT2D eigenvalue weighted by Crippen LogP contribution is 2.25. The summed E-state index contributed by atoms with van der Waals surface area (Å²) in [6, 6.07) is 13.8. The highest BCUT2D eigenvalue weighted by Gasteiger charge is 2.24. The molecule has 0 aliphatic heterocycles. The fraction of sp³-hybridized carbons (Fsp3) is 0.222. The van der Waals surface area contributed by atoms with Crippen molar-refractivity contribution >= 4 is 15.7 Å². The van der Waals surface area contributed by atoms with Crippen LogP contribution in [0.15, 0.2) is 66.1 Å². The van der Waals surface area contributed by atoms with Crippen LogP contribution >= 0.6 is 0 Å². The summed E-state index contributed by atoms with van der Waals surface area (Å²) < 4.78 is 32.6. The Bertz CT molecular complexity index is 767. The zero-order valence-electron chi connectivity index (χ0n) is 13.4. The van der Waals surface area contributed by atoms with Crippen LogP contribution in [0.4, 0.5) is 5.69 Å². The Hall–Kier alpha value is -2.27. The van der Waals surface area contributed by atoms with Gasteiger partial charge >= 0.3 is 0 Å². The quantitative estimate of drug-likeness (QED) is 0.726. The number of hydrogen-bond donors (Lipinski definition) is 0. The van der Waals surface area contributed by atoms with E-state index in [9.17, 15) is 8.42 Å². The summed E-state index contributed by atoms with van der Waals surface area (Å²) in [6.07, 6.45) is 1.58. The third-order valence-corrected chi connectivity index (χ3v) is 5.12. The number of ether oxygens (including phenoxy) is 1. The Morgan fingerprint density at radius 3 is 2.43 bits per heavy atom. The first-order valence-corrected chi connectivity index (χ1v) is 8.86. The maximum atomic E-state index is 12.9. The van der Waals surface area contributed by atoms with Gasteiger partial charge in [0.05, 0.1) is 23.7 Å². The zero-order valence-corrected chi connectivity index (χ0v) is 14.2. The smallest absolute Gasteiger partial charge is 0.264 e. The lowest BCUT2D eigenvalue weighted by Gasteiger charge is -2.23. The molecule has 0 aliphatic rings. The van der Waals surface area contributed by atoms with Gasteiger partial charge in [-0.25, -0.2) is 8.42 Å². The molecule has 0 aliphatic carbocycles. The Morgan fingerprint density at radius 1 is 1.17 bits per heavy atom.